The summed E-state index contributed by atoms with van der Waals surface area (Å²) in [5, 5.41) is 14.0. The first-order valence-corrected chi connectivity index (χ1v) is 6.73. The summed E-state index contributed by atoms with van der Waals surface area (Å²) >= 11 is 3.38. The Morgan fingerprint density at radius 1 is 1.42 bits per heavy atom. The summed E-state index contributed by atoms with van der Waals surface area (Å²) in [6.45, 7) is 3.87. The van der Waals surface area contributed by atoms with Gasteiger partial charge < -0.3 is 15.7 Å². The van der Waals surface area contributed by atoms with Gasteiger partial charge in [-0.25, -0.2) is 4.79 Å². The number of anilines is 1. The third kappa shape index (κ3) is 5.30. The normalized spacial score (nSPS) is 11.7. The minimum atomic E-state index is -0.856. The first-order valence-electron chi connectivity index (χ1n) is 5.94. The van der Waals surface area contributed by atoms with Crippen LogP contribution >= 0.6 is 15.9 Å². The second kappa shape index (κ2) is 7.13. The molecule has 0 saturated carbocycles. The molecule has 6 heteroatoms. The van der Waals surface area contributed by atoms with Gasteiger partial charge in [0.25, 0.3) is 0 Å². The second-order valence-corrected chi connectivity index (χ2v) is 5.23. The molecule has 1 aromatic rings. The Balaban J connectivity index is 2.39. The van der Waals surface area contributed by atoms with Crippen LogP contribution in [0.2, 0.25) is 0 Å². The van der Waals surface area contributed by atoms with Crippen LogP contribution in [0.25, 0.3) is 0 Å². The van der Waals surface area contributed by atoms with Gasteiger partial charge in [0.05, 0.1) is 5.92 Å². The van der Waals surface area contributed by atoms with Crippen LogP contribution in [0.5, 0.6) is 0 Å². The highest BCUT2D eigenvalue weighted by molar-refractivity contribution is 9.10. The zero-order chi connectivity index (χ0) is 14.4. The van der Waals surface area contributed by atoms with Gasteiger partial charge in [-0.15, -0.1) is 0 Å². The Hall–Kier alpha value is -1.56. The minimum absolute atomic E-state index is 0.328. The summed E-state index contributed by atoms with van der Waals surface area (Å²) in [7, 11) is 0. The number of carboxylic acid groups (broad SMARTS) is 1. The molecule has 0 spiro atoms. The fraction of sp³-hybridized carbons (Fsp3) is 0.385. The Labute approximate surface area is 120 Å². The number of carbonyl (C=O) groups excluding carboxylic acids is 1. The number of nitrogens with one attached hydrogen (secondary N) is 2. The number of benzene rings is 1. The third-order valence-corrected chi connectivity index (χ3v) is 3.59. The molecule has 2 amide bonds. The van der Waals surface area contributed by atoms with Gasteiger partial charge in [-0.1, -0.05) is 22.9 Å². The van der Waals surface area contributed by atoms with Crippen molar-refractivity contribution in [1.29, 1.82) is 0 Å². The third-order valence-electron chi connectivity index (χ3n) is 2.70. The van der Waals surface area contributed by atoms with Crippen molar-refractivity contribution in [2.24, 2.45) is 5.92 Å². The van der Waals surface area contributed by atoms with E-state index >= 15 is 0 Å². The summed E-state index contributed by atoms with van der Waals surface area (Å²) < 4.78 is 0.980. The molecule has 0 bridgehead atoms. The van der Waals surface area contributed by atoms with Crippen LogP contribution in [0.3, 0.4) is 0 Å². The van der Waals surface area contributed by atoms with E-state index in [1.807, 2.05) is 19.1 Å². The van der Waals surface area contributed by atoms with Crippen LogP contribution in [-0.4, -0.2) is 23.7 Å². The molecule has 1 atom stereocenters. The number of aryl methyl sites for hydroxylation is 1. The SMILES string of the molecule is Cc1cc(NC(=O)NCCC(C)C(=O)O)ccc1Br. The van der Waals surface area contributed by atoms with Crippen molar-refractivity contribution in [3.05, 3.63) is 28.2 Å². The lowest BCUT2D eigenvalue weighted by Crippen LogP contribution is -2.31. The smallest absolute Gasteiger partial charge is 0.319 e. The van der Waals surface area contributed by atoms with E-state index in [0.717, 1.165) is 10.0 Å². The van der Waals surface area contributed by atoms with E-state index in [9.17, 15) is 9.59 Å². The number of amides is 2. The van der Waals surface area contributed by atoms with Crippen LogP contribution in [0.4, 0.5) is 10.5 Å². The molecule has 3 N–H and O–H groups in total. The van der Waals surface area contributed by atoms with Gasteiger partial charge in [0.2, 0.25) is 0 Å². The number of halogens is 1. The Bertz CT molecular complexity index is 477. The topological polar surface area (TPSA) is 78.4 Å². The molecule has 0 radical (unpaired) electrons. The molecular weight excluding hydrogens is 312 g/mol. The predicted octanol–water partition coefficient (Wildman–Crippen LogP) is 2.99. The molecule has 0 aliphatic carbocycles. The minimum Gasteiger partial charge on any atom is -0.481 e. The van der Waals surface area contributed by atoms with Gasteiger partial charge in [0.15, 0.2) is 0 Å². The number of carbonyl (C=O) groups is 2. The van der Waals surface area contributed by atoms with Gasteiger partial charge in [-0.05, 0) is 37.1 Å². The molecule has 5 nitrogen and oxygen atoms in total. The van der Waals surface area contributed by atoms with Crippen LogP contribution in [0.15, 0.2) is 22.7 Å². The fourth-order valence-electron chi connectivity index (χ4n) is 1.42. The van der Waals surface area contributed by atoms with Gasteiger partial charge in [-0.2, -0.15) is 0 Å². The molecule has 0 aliphatic heterocycles. The lowest BCUT2D eigenvalue weighted by Gasteiger charge is -2.10. The van der Waals surface area contributed by atoms with Gasteiger partial charge >= 0.3 is 12.0 Å². The van der Waals surface area contributed by atoms with Crippen molar-refractivity contribution in [3.8, 4) is 0 Å². The van der Waals surface area contributed by atoms with Crippen molar-refractivity contribution in [2.75, 3.05) is 11.9 Å². The number of urea groups is 1. The van der Waals surface area contributed by atoms with E-state index in [1.165, 1.54) is 0 Å². The summed E-state index contributed by atoms with van der Waals surface area (Å²) in [5.74, 6) is -1.32. The van der Waals surface area contributed by atoms with Gasteiger partial charge in [0.1, 0.15) is 0 Å². The number of hydrogen-bond donors (Lipinski definition) is 3. The maximum atomic E-state index is 11.6. The summed E-state index contributed by atoms with van der Waals surface area (Å²) in [6.07, 6.45) is 0.405. The summed E-state index contributed by atoms with van der Waals surface area (Å²) in [5.41, 5.74) is 1.72. The van der Waals surface area contributed by atoms with E-state index < -0.39 is 11.9 Å². The van der Waals surface area contributed by atoms with Crippen LogP contribution in [0, 0.1) is 12.8 Å². The van der Waals surface area contributed by atoms with E-state index in [-0.39, 0.29) is 6.03 Å². The predicted molar refractivity (Wildman–Crippen MR) is 77.3 cm³/mol. The number of hydrogen-bond acceptors (Lipinski definition) is 2. The average Bonchev–Trinajstić information content (AvgIpc) is 2.33. The van der Waals surface area contributed by atoms with Crippen molar-refractivity contribution in [1.82, 2.24) is 5.32 Å². The van der Waals surface area contributed by atoms with Crippen LogP contribution < -0.4 is 10.6 Å². The molecule has 0 heterocycles. The molecule has 0 aromatic heterocycles. The van der Waals surface area contributed by atoms with Crippen molar-refractivity contribution >= 4 is 33.6 Å². The highest BCUT2D eigenvalue weighted by atomic mass is 79.9. The molecule has 1 rings (SSSR count). The maximum Gasteiger partial charge on any atom is 0.319 e. The number of aliphatic carboxylic acids is 1. The maximum absolute atomic E-state index is 11.6. The molecule has 19 heavy (non-hydrogen) atoms. The monoisotopic (exact) mass is 328 g/mol. The average molecular weight is 329 g/mol. The van der Waals surface area contributed by atoms with E-state index in [4.69, 9.17) is 5.11 Å². The molecule has 0 aliphatic rings. The number of rotatable bonds is 5. The molecule has 0 fully saturated rings. The fourth-order valence-corrected chi connectivity index (χ4v) is 1.67. The quantitative estimate of drug-likeness (QED) is 0.777. The van der Waals surface area contributed by atoms with Gasteiger partial charge in [0, 0.05) is 16.7 Å². The van der Waals surface area contributed by atoms with Crippen molar-refractivity contribution in [2.45, 2.75) is 20.3 Å². The van der Waals surface area contributed by atoms with Crippen LogP contribution in [0.1, 0.15) is 18.9 Å². The Morgan fingerprint density at radius 2 is 2.11 bits per heavy atom. The summed E-state index contributed by atoms with van der Waals surface area (Å²) in [4.78, 5) is 22.2. The van der Waals surface area contributed by atoms with Crippen LogP contribution in [-0.2, 0) is 4.79 Å². The highest BCUT2D eigenvalue weighted by Gasteiger charge is 2.10. The molecule has 1 aromatic carbocycles. The van der Waals surface area contributed by atoms with Crippen molar-refractivity contribution < 1.29 is 14.7 Å². The first-order chi connectivity index (χ1) is 8.90. The Morgan fingerprint density at radius 3 is 2.68 bits per heavy atom. The molecule has 0 saturated heterocycles. The van der Waals surface area contributed by atoms with Crippen molar-refractivity contribution in [3.63, 3.8) is 0 Å². The van der Waals surface area contributed by atoms with Gasteiger partial charge in [-0.3, -0.25) is 4.79 Å². The molecule has 1 unspecified atom stereocenters. The molecule has 104 valence electrons. The first kappa shape index (κ1) is 15.5. The number of carboxylic acids is 1. The lowest BCUT2D eigenvalue weighted by molar-refractivity contribution is -0.141. The highest BCUT2D eigenvalue weighted by Crippen LogP contribution is 2.19. The zero-order valence-electron chi connectivity index (χ0n) is 10.9. The zero-order valence-corrected chi connectivity index (χ0v) is 12.5. The molecular formula is C13H17BrN2O3. The largest absolute Gasteiger partial charge is 0.481 e. The summed E-state index contributed by atoms with van der Waals surface area (Å²) in [6, 6.07) is 5.16. The van der Waals surface area contributed by atoms with E-state index in [0.29, 0.717) is 18.7 Å². The van der Waals surface area contributed by atoms with E-state index in [2.05, 4.69) is 26.6 Å². The Kier molecular flexibility index (Phi) is 5.82. The van der Waals surface area contributed by atoms with E-state index in [1.54, 1.807) is 13.0 Å². The second-order valence-electron chi connectivity index (χ2n) is 4.37. The lowest BCUT2D eigenvalue weighted by atomic mass is 10.1. The standard InChI is InChI=1S/C13H17BrN2O3/c1-8(12(17)18)5-6-15-13(19)16-10-3-4-11(14)9(2)7-10/h3-4,7-8H,5-6H2,1-2H3,(H,17,18)(H2,15,16,19).